The van der Waals surface area contributed by atoms with E-state index < -0.39 is 0 Å². The minimum Gasteiger partial charge on any atom is -0.288 e. The van der Waals surface area contributed by atoms with E-state index in [1.54, 1.807) is 6.92 Å². The van der Waals surface area contributed by atoms with Gasteiger partial charge in [-0.15, -0.1) is 0 Å². The van der Waals surface area contributed by atoms with Crippen LogP contribution in [0.2, 0.25) is 0 Å². The lowest BCUT2D eigenvalue weighted by Crippen LogP contribution is -2.40. The van der Waals surface area contributed by atoms with Crippen molar-refractivity contribution in [2.45, 2.75) is 6.92 Å². The van der Waals surface area contributed by atoms with Crippen LogP contribution < -0.4 is 4.57 Å². The predicted octanol–water partition coefficient (Wildman–Crippen LogP) is 5.50. The topological polar surface area (TPSA) is 20.9 Å². The van der Waals surface area contributed by atoms with Crippen molar-refractivity contribution >= 4 is 5.78 Å². The van der Waals surface area contributed by atoms with Gasteiger partial charge in [0.05, 0.1) is 0 Å². The fourth-order valence-electron chi connectivity index (χ4n) is 3.33. The van der Waals surface area contributed by atoms with Crippen LogP contribution >= 0.6 is 0 Å². The molecule has 4 rings (SSSR count). The normalized spacial score (nSPS) is 10.6. The number of nitrogens with zero attached hydrogens (tertiary/aromatic N) is 1. The van der Waals surface area contributed by atoms with Crippen LogP contribution in [-0.2, 0) is 0 Å². The summed E-state index contributed by atoms with van der Waals surface area (Å²) in [5.41, 5.74) is 5.83. The molecule has 0 aliphatic heterocycles. The van der Waals surface area contributed by atoms with Crippen molar-refractivity contribution in [2.24, 2.45) is 0 Å². The van der Waals surface area contributed by atoms with E-state index in [4.69, 9.17) is 0 Å². The van der Waals surface area contributed by atoms with Gasteiger partial charge in [-0.25, -0.2) is 0 Å². The van der Waals surface area contributed by atoms with E-state index in [-0.39, 0.29) is 5.78 Å². The number of rotatable bonds is 4. The first-order valence-electron chi connectivity index (χ1n) is 9.01. The lowest BCUT2D eigenvalue weighted by molar-refractivity contribution is -0.586. The number of benzene rings is 3. The summed E-state index contributed by atoms with van der Waals surface area (Å²) in [6.45, 7) is 1.62. The molecule has 0 atom stereocenters. The van der Waals surface area contributed by atoms with E-state index in [9.17, 15) is 4.79 Å². The summed E-state index contributed by atoms with van der Waals surface area (Å²) in [6, 6.07) is 34.5. The number of aromatic nitrogens is 1. The van der Waals surface area contributed by atoms with Crippen molar-refractivity contribution in [3.63, 3.8) is 0 Å². The van der Waals surface area contributed by atoms with Crippen LogP contribution in [0.15, 0.2) is 103 Å². The van der Waals surface area contributed by atoms with Gasteiger partial charge in [-0.2, -0.15) is 4.57 Å². The highest BCUT2D eigenvalue weighted by atomic mass is 16.1. The van der Waals surface area contributed by atoms with Crippen molar-refractivity contribution in [3.05, 3.63) is 109 Å². The minimum absolute atomic E-state index is 0.0359. The Morgan fingerprint density at radius 2 is 1.15 bits per heavy atom. The van der Waals surface area contributed by atoms with E-state index in [0.717, 1.165) is 28.1 Å². The summed E-state index contributed by atoms with van der Waals surface area (Å²) in [5, 5.41) is 0. The molecule has 0 aliphatic rings. The zero-order valence-corrected chi connectivity index (χ0v) is 15.2. The number of carbonyl (C=O) groups is 1. The van der Waals surface area contributed by atoms with Crippen LogP contribution in [0.1, 0.15) is 17.4 Å². The lowest BCUT2D eigenvalue weighted by Gasteiger charge is -2.10. The monoisotopic (exact) mass is 350 g/mol. The highest BCUT2D eigenvalue weighted by Crippen LogP contribution is 2.26. The number of para-hydroxylation sites is 1. The third-order valence-corrected chi connectivity index (χ3v) is 4.62. The van der Waals surface area contributed by atoms with Gasteiger partial charge in [0.15, 0.2) is 0 Å². The second-order valence-corrected chi connectivity index (χ2v) is 6.47. The summed E-state index contributed by atoms with van der Waals surface area (Å²) in [6.07, 6.45) is 0. The maximum Gasteiger partial charge on any atom is 0.255 e. The van der Waals surface area contributed by atoms with Gasteiger partial charge >= 0.3 is 0 Å². The highest BCUT2D eigenvalue weighted by Gasteiger charge is 2.25. The van der Waals surface area contributed by atoms with E-state index >= 15 is 0 Å². The van der Waals surface area contributed by atoms with Crippen LogP contribution in [-0.4, -0.2) is 5.78 Å². The van der Waals surface area contributed by atoms with Gasteiger partial charge in [-0.05, 0) is 23.3 Å². The molecule has 0 bridgehead atoms. The highest BCUT2D eigenvalue weighted by molar-refractivity contribution is 5.92. The third-order valence-electron chi connectivity index (χ3n) is 4.62. The molecule has 0 amide bonds. The molecule has 4 aromatic rings. The van der Waals surface area contributed by atoms with Crippen molar-refractivity contribution < 1.29 is 9.36 Å². The quantitative estimate of drug-likeness (QED) is 0.352. The van der Waals surface area contributed by atoms with Crippen molar-refractivity contribution in [2.75, 3.05) is 0 Å². The minimum atomic E-state index is 0.0359. The second kappa shape index (κ2) is 7.38. The molecule has 0 saturated carbocycles. The summed E-state index contributed by atoms with van der Waals surface area (Å²) < 4.78 is 2.05. The molecule has 0 radical (unpaired) electrons. The Balaban J connectivity index is 2.06. The standard InChI is InChI=1S/C25H20NO/c1-19(27)24-17-22(20-11-5-2-6-12-20)18-25(21-13-7-3-8-14-21)26(24)23-15-9-4-10-16-23/h2-18H,1H3/q+1. The first kappa shape index (κ1) is 16.9. The molecule has 3 aromatic carbocycles. The molecule has 2 nitrogen and oxygen atoms in total. The first-order chi connectivity index (χ1) is 13.2. The summed E-state index contributed by atoms with van der Waals surface area (Å²) in [5.74, 6) is 0.0359. The van der Waals surface area contributed by atoms with Gasteiger partial charge in [0.2, 0.25) is 17.2 Å². The Morgan fingerprint density at radius 3 is 1.70 bits per heavy atom. The Morgan fingerprint density at radius 1 is 0.630 bits per heavy atom. The molecule has 130 valence electrons. The maximum atomic E-state index is 12.6. The number of carbonyl (C=O) groups excluding carboxylic acids is 1. The number of Topliss-reactive ketones (excluding diaryl/α,β-unsaturated/α-hetero) is 1. The van der Waals surface area contributed by atoms with Gasteiger partial charge in [-0.1, -0.05) is 66.7 Å². The summed E-state index contributed by atoms with van der Waals surface area (Å²) in [4.78, 5) is 12.6. The lowest BCUT2D eigenvalue weighted by atomic mass is 10.00. The first-order valence-corrected chi connectivity index (χ1v) is 9.01. The van der Waals surface area contributed by atoms with Crippen molar-refractivity contribution in [3.8, 4) is 28.1 Å². The Bertz CT molecular complexity index is 1070. The van der Waals surface area contributed by atoms with E-state index in [0.29, 0.717) is 5.69 Å². The van der Waals surface area contributed by atoms with Gasteiger partial charge in [0, 0.05) is 36.8 Å². The molecule has 0 saturated heterocycles. The third kappa shape index (κ3) is 3.42. The molecular weight excluding hydrogens is 330 g/mol. The number of hydrogen-bond donors (Lipinski definition) is 0. The molecule has 0 spiro atoms. The SMILES string of the molecule is CC(=O)c1cc(-c2ccccc2)cc(-c2ccccc2)[n+]1-c1ccccc1. The van der Waals surface area contributed by atoms with Crippen molar-refractivity contribution in [1.29, 1.82) is 0 Å². The molecule has 1 heterocycles. The Kier molecular flexibility index (Phi) is 4.63. The van der Waals surface area contributed by atoms with E-state index in [1.165, 1.54) is 0 Å². The van der Waals surface area contributed by atoms with Gasteiger partial charge < -0.3 is 0 Å². The van der Waals surface area contributed by atoms with E-state index in [1.807, 2.05) is 77.4 Å². The molecule has 0 N–H and O–H groups in total. The van der Waals surface area contributed by atoms with Gasteiger partial charge in [-0.3, -0.25) is 4.79 Å². The second-order valence-electron chi connectivity index (χ2n) is 6.47. The van der Waals surface area contributed by atoms with Crippen LogP contribution in [0.3, 0.4) is 0 Å². The summed E-state index contributed by atoms with van der Waals surface area (Å²) >= 11 is 0. The molecule has 0 fully saturated rings. The van der Waals surface area contributed by atoms with Crippen LogP contribution in [0.4, 0.5) is 0 Å². The van der Waals surface area contributed by atoms with Gasteiger partial charge in [0.1, 0.15) is 0 Å². The maximum absolute atomic E-state index is 12.6. The fourth-order valence-corrected chi connectivity index (χ4v) is 3.33. The van der Waals surface area contributed by atoms with Crippen LogP contribution in [0.25, 0.3) is 28.1 Å². The fraction of sp³-hybridized carbons (Fsp3) is 0.0400. The van der Waals surface area contributed by atoms with Crippen LogP contribution in [0.5, 0.6) is 0 Å². The smallest absolute Gasteiger partial charge is 0.255 e. The molecule has 0 unspecified atom stereocenters. The number of hydrogen-bond acceptors (Lipinski definition) is 1. The molecule has 27 heavy (non-hydrogen) atoms. The van der Waals surface area contributed by atoms with E-state index in [2.05, 4.69) is 30.3 Å². The average molecular weight is 350 g/mol. The van der Waals surface area contributed by atoms with Gasteiger partial charge in [0.25, 0.3) is 5.69 Å². The average Bonchev–Trinajstić information content (AvgIpc) is 2.74. The molecular formula is C25H20NO+. The number of ketones is 1. The largest absolute Gasteiger partial charge is 0.288 e. The zero-order chi connectivity index (χ0) is 18.6. The summed E-state index contributed by atoms with van der Waals surface area (Å²) in [7, 11) is 0. The number of pyridine rings is 1. The van der Waals surface area contributed by atoms with Crippen LogP contribution in [0, 0.1) is 0 Å². The molecule has 1 aromatic heterocycles. The predicted molar refractivity (Wildman–Crippen MR) is 109 cm³/mol. The Hall–Kier alpha value is -3.52. The molecule has 0 aliphatic carbocycles. The Labute approximate surface area is 159 Å². The van der Waals surface area contributed by atoms with Crippen molar-refractivity contribution in [1.82, 2.24) is 0 Å². The zero-order valence-electron chi connectivity index (χ0n) is 15.2. The molecule has 2 heteroatoms.